The standard InChI is InChI=1S/C14H19ClN2O3/c15-10-2-1-3-13(6-10)20-9-12(18)7-16-8-14(19)17-11-4-5-11/h1-3,6,11-12,16,18H,4-5,7-9H2,(H,17,19). The van der Waals surface area contributed by atoms with Crippen LogP contribution in [0.25, 0.3) is 0 Å². The number of nitrogens with one attached hydrogen (secondary N) is 2. The summed E-state index contributed by atoms with van der Waals surface area (Å²) in [5.41, 5.74) is 0. The lowest BCUT2D eigenvalue weighted by molar-refractivity contribution is -0.120. The zero-order chi connectivity index (χ0) is 14.4. The Morgan fingerprint density at radius 2 is 2.30 bits per heavy atom. The molecule has 5 nitrogen and oxygen atoms in total. The number of carbonyl (C=O) groups is 1. The van der Waals surface area contributed by atoms with Gasteiger partial charge in [0.15, 0.2) is 0 Å². The van der Waals surface area contributed by atoms with Gasteiger partial charge in [0.2, 0.25) is 5.91 Å². The van der Waals surface area contributed by atoms with Crippen LogP contribution < -0.4 is 15.4 Å². The van der Waals surface area contributed by atoms with Gasteiger partial charge >= 0.3 is 0 Å². The average molecular weight is 299 g/mol. The summed E-state index contributed by atoms with van der Waals surface area (Å²) < 4.78 is 5.41. The van der Waals surface area contributed by atoms with Crippen LogP contribution in [-0.4, -0.2) is 42.9 Å². The second-order valence-corrected chi connectivity index (χ2v) is 5.33. The number of rotatable bonds is 8. The smallest absolute Gasteiger partial charge is 0.234 e. The van der Waals surface area contributed by atoms with Gasteiger partial charge in [-0.1, -0.05) is 17.7 Å². The van der Waals surface area contributed by atoms with Crippen LogP contribution in [0.4, 0.5) is 0 Å². The van der Waals surface area contributed by atoms with E-state index in [9.17, 15) is 9.90 Å². The molecule has 6 heteroatoms. The number of aliphatic hydroxyl groups is 1. The third-order valence-corrected chi connectivity index (χ3v) is 3.08. The highest BCUT2D eigenvalue weighted by Gasteiger charge is 2.22. The molecule has 1 atom stereocenters. The molecule has 0 aromatic heterocycles. The summed E-state index contributed by atoms with van der Waals surface area (Å²) in [4.78, 5) is 11.4. The molecule has 3 N–H and O–H groups in total. The van der Waals surface area contributed by atoms with Crippen molar-refractivity contribution in [3.8, 4) is 5.75 Å². The molecule has 1 unspecified atom stereocenters. The van der Waals surface area contributed by atoms with Crippen molar-refractivity contribution in [2.45, 2.75) is 25.0 Å². The van der Waals surface area contributed by atoms with Crippen LogP contribution in [-0.2, 0) is 4.79 Å². The first kappa shape index (κ1) is 15.1. The zero-order valence-electron chi connectivity index (χ0n) is 11.1. The number of hydrogen-bond acceptors (Lipinski definition) is 4. The normalized spacial score (nSPS) is 15.7. The van der Waals surface area contributed by atoms with Crippen LogP contribution in [0, 0.1) is 0 Å². The lowest BCUT2D eigenvalue weighted by Gasteiger charge is -2.13. The Labute approximate surface area is 123 Å². The van der Waals surface area contributed by atoms with Gasteiger partial charge < -0.3 is 20.5 Å². The van der Waals surface area contributed by atoms with Crippen LogP contribution in [0.1, 0.15) is 12.8 Å². The minimum absolute atomic E-state index is 0.0320. The first-order chi connectivity index (χ1) is 9.63. The molecule has 1 aromatic carbocycles. The molecule has 0 saturated heterocycles. The minimum atomic E-state index is -0.678. The Hall–Kier alpha value is -1.30. The molecule has 1 aliphatic rings. The zero-order valence-corrected chi connectivity index (χ0v) is 11.9. The summed E-state index contributed by atoms with van der Waals surface area (Å²) in [7, 11) is 0. The maximum absolute atomic E-state index is 11.4. The van der Waals surface area contributed by atoms with Crippen LogP contribution in [0.3, 0.4) is 0 Å². The topological polar surface area (TPSA) is 70.6 Å². The van der Waals surface area contributed by atoms with Crippen LogP contribution in [0.2, 0.25) is 5.02 Å². The van der Waals surface area contributed by atoms with Gasteiger partial charge in [-0.3, -0.25) is 4.79 Å². The minimum Gasteiger partial charge on any atom is -0.491 e. The lowest BCUT2D eigenvalue weighted by Crippen LogP contribution is -2.39. The van der Waals surface area contributed by atoms with Crippen LogP contribution >= 0.6 is 11.6 Å². The SMILES string of the molecule is O=C(CNCC(O)COc1cccc(Cl)c1)NC1CC1. The highest BCUT2D eigenvalue weighted by atomic mass is 35.5. The Balaban J connectivity index is 1.57. The largest absolute Gasteiger partial charge is 0.491 e. The van der Waals surface area contributed by atoms with Gasteiger partial charge in [0.05, 0.1) is 6.54 Å². The molecule has 1 aliphatic carbocycles. The highest BCUT2D eigenvalue weighted by Crippen LogP contribution is 2.18. The molecule has 110 valence electrons. The molecule has 0 radical (unpaired) electrons. The van der Waals surface area contributed by atoms with E-state index in [1.165, 1.54) is 0 Å². The summed E-state index contributed by atoms with van der Waals surface area (Å²) in [6.07, 6.45) is 1.46. The molecule has 0 aliphatic heterocycles. The van der Waals surface area contributed by atoms with E-state index in [-0.39, 0.29) is 19.1 Å². The van der Waals surface area contributed by atoms with Gasteiger partial charge in [0, 0.05) is 17.6 Å². The summed E-state index contributed by atoms with van der Waals surface area (Å²) in [5, 5.41) is 16.1. The predicted molar refractivity (Wildman–Crippen MR) is 77.0 cm³/mol. The van der Waals surface area contributed by atoms with Crippen molar-refractivity contribution in [2.24, 2.45) is 0 Å². The van der Waals surface area contributed by atoms with E-state index in [2.05, 4.69) is 10.6 Å². The lowest BCUT2D eigenvalue weighted by atomic mass is 10.3. The number of carbonyl (C=O) groups excluding carboxylic acids is 1. The van der Waals surface area contributed by atoms with E-state index in [1.54, 1.807) is 24.3 Å². The van der Waals surface area contributed by atoms with Crippen molar-refractivity contribution in [1.82, 2.24) is 10.6 Å². The summed E-state index contributed by atoms with van der Waals surface area (Å²) >= 11 is 5.83. The van der Waals surface area contributed by atoms with E-state index in [1.807, 2.05) is 0 Å². The fourth-order valence-corrected chi connectivity index (χ4v) is 1.85. The molecule has 0 bridgehead atoms. The van der Waals surface area contributed by atoms with Gasteiger partial charge in [-0.2, -0.15) is 0 Å². The van der Waals surface area contributed by atoms with Crippen molar-refractivity contribution in [3.05, 3.63) is 29.3 Å². The van der Waals surface area contributed by atoms with E-state index < -0.39 is 6.10 Å². The fourth-order valence-electron chi connectivity index (χ4n) is 1.67. The fraction of sp³-hybridized carbons (Fsp3) is 0.500. The Kier molecular flexibility index (Phi) is 5.64. The van der Waals surface area contributed by atoms with E-state index in [0.29, 0.717) is 23.4 Å². The molecule has 1 fully saturated rings. The van der Waals surface area contributed by atoms with E-state index in [0.717, 1.165) is 12.8 Å². The molecular formula is C14H19ClN2O3. The van der Waals surface area contributed by atoms with Crippen molar-refractivity contribution in [3.63, 3.8) is 0 Å². The molecule has 1 amide bonds. The number of aliphatic hydroxyl groups excluding tert-OH is 1. The molecule has 1 aromatic rings. The third-order valence-electron chi connectivity index (χ3n) is 2.85. The molecule has 20 heavy (non-hydrogen) atoms. The van der Waals surface area contributed by atoms with Gasteiger partial charge in [-0.15, -0.1) is 0 Å². The maximum atomic E-state index is 11.4. The third kappa shape index (κ3) is 5.77. The predicted octanol–water partition coefficient (Wildman–Crippen LogP) is 0.948. The Morgan fingerprint density at radius 3 is 3.00 bits per heavy atom. The monoisotopic (exact) mass is 298 g/mol. The number of amides is 1. The number of ether oxygens (including phenoxy) is 1. The quantitative estimate of drug-likeness (QED) is 0.668. The maximum Gasteiger partial charge on any atom is 0.234 e. The van der Waals surface area contributed by atoms with Gasteiger partial charge in [-0.25, -0.2) is 0 Å². The molecule has 0 heterocycles. The molecule has 0 spiro atoms. The van der Waals surface area contributed by atoms with E-state index >= 15 is 0 Å². The van der Waals surface area contributed by atoms with Gasteiger partial charge in [0.25, 0.3) is 0 Å². The first-order valence-electron chi connectivity index (χ1n) is 6.70. The molecule has 2 rings (SSSR count). The summed E-state index contributed by atoms with van der Waals surface area (Å²) in [6.45, 7) is 0.668. The van der Waals surface area contributed by atoms with Crippen LogP contribution in [0.5, 0.6) is 5.75 Å². The number of hydrogen-bond donors (Lipinski definition) is 3. The van der Waals surface area contributed by atoms with Crippen molar-refractivity contribution < 1.29 is 14.6 Å². The van der Waals surface area contributed by atoms with Gasteiger partial charge in [0.1, 0.15) is 18.5 Å². The number of halogens is 1. The number of benzene rings is 1. The Morgan fingerprint density at radius 1 is 1.50 bits per heavy atom. The summed E-state index contributed by atoms with van der Waals surface area (Å²) in [5.74, 6) is 0.582. The second kappa shape index (κ2) is 7.47. The van der Waals surface area contributed by atoms with Crippen molar-refractivity contribution >= 4 is 17.5 Å². The Bertz CT molecular complexity index is 452. The second-order valence-electron chi connectivity index (χ2n) is 4.89. The van der Waals surface area contributed by atoms with Crippen LogP contribution in [0.15, 0.2) is 24.3 Å². The van der Waals surface area contributed by atoms with Crippen molar-refractivity contribution in [1.29, 1.82) is 0 Å². The van der Waals surface area contributed by atoms with E-state index in [4.69, 9.17) is 16.3 Å². The summed E-state index contributed by atoms with van der Waals surface area (Å²) in [6, 6.07) is 7.36. The molecule has 1 saturated carbocycles. The molecular weight excluding hydrogens is 280 g/mol. The van der Waals surface area contributed by atoms with Crippen molar-refractivity contribution in [2.75, 3.05) is 19.7 Å². The first-order valence-corrected chi connectivity index (χ1v) is 7.08. The highest BCUT2D eigenvalue weighted by molar-refractivity contribution is 6.30. The average Bonchev–Trinajstić information content (AvgIpc) is 3.20. The van der Waals surface area contributed by atoms with Gasteiger partial charge in [-0.05, 0) is 31.0 Å².